The second kappa shape index (κ2) is 7.04. The normalized spacial score (nSPS) is 11.0. The Bertz CT molecular complexity index is 607. The van der Waals surface area contributed by atoms with Gasteiger partial charge in [0.25, 0.3) is 0 Å². The van der Waals surface area contributed by atoms with Gasteiger partial charge in [-0.2, -0.15) is 0 Å². The second-order valence-electron chi connectivity index (χ2n) is 5.12. The third kappa shape index (κ3) is 3.92. The summed E-state index contributed by atoms with van der Waals surface area (Å²) in [4.78, 5) is 17.5. The number of aryl methyl sites for hydroxylation is 1. The van der Waals surface area contributed by atoms with Crippen LogP contribution >= 0.6 is 0 Å². The Hall–Kier alpha value is -2.14. The molecule has 1 N–H and O–H groups in total. The molecule has 0 radical (unpaired) electrons. The van der Waals surface area contributed by atoms with Gasteiger partial charge in [-0.1, -0.05) is 18.2 Å². The summed E-state index contributed by atoms with van der Waals surface area (Å²) in [7, 11) is 2.04. The summed E-state index contributed by atoms with van der Waals surface area (Å²) in [6.45, 7) is 4.61. The zero-order valence-corrected chi connectivity index (χ0v) is 12.5. The number of carboxylic acid groups (broad SMARTS) is 1. The highest BCUT2D eigenvalue weighted by Crippen LogP contribution is 2.11. The molecule has 1 aromatic carbocycles. The number of nitrogens with zero attached hydrogens (tertiary/aromatic N) is 3. The van der Waals surface area contributed by atoms with Gasteiger partial charge in [0.2, 0.25) is 0 Å². The first-order valence-corrected chi connectivity index (χ1v) is 7.10. The van der Waals surface area contributed by atoms with Crippen molar-refractivity contribution in [3.05, 3.63) is 53.6 Å². The number of carboxylic acids is 1. The van der Waals surface area contributed by atoms with Gasteiger partial charge in [0, 0.05) is 25.8 Å². The summed E-state index contributed by atoms with van der Waals surface area (Å²) >= 11 is 0. The average Bonchev–Trinajstić information content (AvgIpc) is 2.92. The molecule has 0 fully saturated rings. The van der Waals surface area contributed by atoms with Crippen LogP contribution in [0.3, 0.4) is 0 Å². The lowest BCUT2D eigenvalue weighted by Crippen LogP contribution is -2.23. The molecule has 2 aromatic rings. The summed E-state index contributed by atoms with van der Waals surface area (Å²) in [6, 6.07) is 7.18. The van der Waals surface area contributed by atoms with E-state index in [-0.39, 0.29) is 0 Å². The van der Waals surface area contributed by atoms with Gasteiger partial charge in [0.15, 0.2) is 0 Å². The topological polar surface area (TPSA) is 58.4 Å². The molecule has 112 valence electrons. The predicted octanol–water partition coefficient (Wildman–Crippen LogP) is 2.28. The number of hydrogen-bond donors (Lipinski definition) is 1. The first kappa shape index (κ1) is 15.3. The average molecular weight is 287 g/mol. The molecule has 1 aromatic heterocycles. The molecule has 0 aliphatic carbocycles. The first-order valence-electron chi connectivity index (χ1n) is 7.10. The molecule has 0 atom stereocenters. The van der Waals surface area contributed by atoms with E-state index in [2.05, 4.69) is 21.4 Å². The minimum atomic E-state index is -0.864. The van der Waals surface area contributed by atoms with Crippen molar-refractivity contribution in [2.45, 2.75) is 26.4 Å². The molecule has 0 bridgehead atoms. The Labute approximate surface area is 124 Å². The van der Waals surface area contributed by atoms with E-state index < -0.39 is 5.97 Å². The Balaban J connectivity index is 1.95. The maximum absolute atomic E-state index is 11.2. The van der Waals surface area contributed by atoms with Gasteiger partial charge in [-0.3, -0.25) is 0 Å². The molecule has 2 rings (SSSR count). The molecular formula is C16H21N3O2. The molecule has 0 amide bonds. The van der Waals surface area contributed by atoms with Gasteiger partial charge in [0.05, 0.1) is 17.6 Å². The minimum Gasteiger partial charge on any atom is -0.478 e. The Morgan fingerprint density at radius 2 is 2.14 bits per heavy atom. The summed E-state index contributed by atoms with van der Waals surface area (Å²) in [5, 5.41) is 9.18. The summed E-state index contributed by atoms with van der Waals surface area (Å²) in [5.74, 6) is -0.864. The SMILES string of the molecule is CCn1cncc1CN(C)CCc1ccccc1C(=O)O. The van der Waals surface area contributed by atoms with E-state index in [1.807, 2.05) is 31.7 Å². The molecule has 0 spiro atoms. The highest BCUT2D eigenvalue weighted by atomic mass is 16.4. The van der Waals surface area contributed by atoms with Crippen molar-refractivity contribution in [2.24, 2.45) is 0 Å². The third-order valence-corrected chi connectivity index (χ3v) is 3.58. The Morgan fingerprint density at radius 3 is 2.86 bits per heavy atom. The van der Waals surface area contributed by atoms with Gasteiger partial charge in [-0.05, 0) is 32.0 Å². The van der Waals surface area contributed by atoms with Crippen LogP contribution in [-0.2, 0) is 19.5 Å². The van der Waals surface area contributed by atoms with Crippen LogP contribution in [0.1, 0.15) is 28.5 Å². The van der Waals surface area contributed by atoms with Gasteiger partial charge >= 0.3 is 5.97 Å². The fourth-order valence-electron chi connectivity index (χ4n) is 2.38. The van der Waals surface area contributed by atoms with Crippen molar-refractivity contribution < 1.29 is 9.90 Å². The summed E-state index contributed by atoms with van der Waals surface area (Å²) in [5.41, 5.74) is 2.44. The smallest absolute Gasteiger partial charge is 0.335 e. The number of rotatable bonds is 7. The van der Waals surface area contributed by atoms with E-state index in [1.165, 1.54) is 5.69 Å². The first-order chi connectivity index (χ1) is 10.1. The highest BCUT2D eigenvalue weighted by molar-refractivity contribution is 5.89. The lowest BCUT2D eigenvalue weighted by atomic mass is 10.0. The lowest BCUT2D eigenvalue weighted by Gasteiger charge is -2.17. The van der Waals surface area contributed by atoms with Crippen LogP contribution in [0.2, 0.25) is 0 Å². The fourth-order valence-corrected chi connectivity index (χ4v) is 2.38. The maximum Gasteiger partial charge on any atom is 0.335 e. The van der Waals surface area contributed by atoms with E-state index >= 15 is 0 Å². The van der Waals surface area contributed by atoms with Crippen molar-refractivity contribution in [3.63, 3.8) is 0 Å². The van der Waals surface area contributed by atoms with E-state index in [1.54, 1.807) is 12.1 Å². The Morgan fingerprint density at radius 1 is 1.38 bits per heavy atom. The number of hydrogen-bond acceptors (Lipinski definition) is 3. The fraction of sp³-hybridized carbons (Fsp3) is 0.375. The van der Waals surface area contributed by atoms with Crippen LogP contribution in [0.15, 0.2) is 36.8 Å². The molecule has 0 aliphatic heterocycles. The maximum atomic E-state index is 11.2. The van der Waals surface area contributed by atoms with Crippen LogP contribution in [0.25, 0.3) is 0 Å². The third-order valence-electron chi connectivity index (χ3n) is 3.58. The van der Waals surface area contributed by atoms with Crippen LogP contribution < -0.4 is 0 Å². The molecule has 0 aliphatic rings. The van der Waals surface area contributed by atoms with Gasteiger partial charge in [0.1, 0.15) is 0 Å². The van der Waals surface area contributed by atoms with Crippen molar-refractivity contribution in [1.82, 2.24) is 14.5 Å². The van der Waals surface area contributed by atoms with E-state index in [0.717, 1.165) is 31.6 Å². The number of aromatic nitrogens is 2. The quantitative estimate of drug-likeness (QED) is 0.848. The number of likely N-dealkylation sites (N-methyl/N-ethyl adjacent to an activating group) is 1. The van der Waals surface area contributed by atoms with Crippen molar-refractivity contribution in [3.8, 4) is 0 Å². The summed E-state index contributed by atoms with van der Waals surface area (Å²) in [6.07, 6.45) is 4.44. The minimum absolute atomic E-state index is 0.393. The second-order valence-corrected chi connectivity index (χ2v) is 5.12. The molecule has 0 unspecified atom stereocenters. The summed E-state index contributed by atoms with van der Waals surface area (Å²) < 4.78 is 2.11. The monoisotopic (exact) mass is 287 g/mol. The number of imidazole rings is 1. The highest BCUT2D eigenvalue weighted by Gasteiger charge is 2.10. The largest absolute Gasteiger partial charge is 0.478 e. The standard InChI is InChI=1S/C16H21N3O2/c1-3-19-12-17-10-14(19)11-18(2)9-8-13-6-4-5-7-15(13)16(20)21/h4-7,10,12H,3,8-9,11H2,1-2H3,(H,20,21). The molecule has 1 heterocycles. The van der Waals surface area contributed by atoms with Crippen LogP contribution in [-0.4, -0.2) is 39.1 Å². The molecule has 21 heavy (non-hydrogen) atoms. The zero-order chi connectivity index (χ0) is 15.2. The van der Waals surface area contributed by atoms with Crippen molar-refractivity contribution in [2.75, 3.05) is 13.6 Å². The number of benzene rings is 1. The molecule has 5 nitrogen and oxygen atoms in total. The predicted molar refractivity (Wildman–Crippen MR) is 81.3 cm³/mol. The van der Waals surface area contributed by atoms with Gasteiger partial charge in [-0.15, -0.1) is 0 Å². The Kier molecular flexibility index (Phi) is 5.11. The van der Waals surface area contributed by atoms with Crippen LogP contribution in [0.4, 0.5) is 0 Å². The lowest BCUT2D eigenvalue weighted by molar-refractivity contribution is 0.0695. The molecule has 0 saturated carbocycles. The zero-order valence-electron chi connectivity index (χ0n) is 12.5. The van der Waals surface area contributed by atoms with Crippen molar-refractivity contribution in [1.29, 1.82) is 0 Å². The van der Waals surface area contributed by atoms with E-state index in [4.69, 9.17) is 0 Å². The number of aromatic carboxylic acids is 1. The van der Waals surface area contributed by atoms with E-state index in [9.17, 15) is 9.90 Å². The van der Waals surface area contributed by atoms with Gasteiger partial charge < -0.3 is 14.6 Å². The van der Waals surface area contributed by atoms with Crippen molar-refractivity contribution >= 4 is 5.97 Å². The molecule has 5 heteroatoms. The van der Waals surface area contributed by atoms with Crippen LogP contribution in [0.5, 0.6) is 0 Å². The van der Waals surface area contributed by atoms with Crippen LogP contribution in [0, 0.1) is 0 Å². The van der Waals surface area contributed by atoms with Gasteiger partial charge in [-0.25, -0.2) is 9.78 Å². The van der Waals surface area contributed by atoms with E-state index in [0.29, 0.717) is 5.56 Å². The molecular weight excluding hydrogens is 266 g/mol. The number of carbonyl (C=O) groups is 1. The molecule has 0 saturated heterocycles.